The summed E-state index contributed by atoms with van der Waals surface area (Å²) in [4.78, 5) is 43.3. The van der Waals surface area contributed by atoms with Gasteiger partial charge >= 0.3 is 5.76 Å². The van der Waals surface area contributed by atoms with Crippen LogP contribution in [0.15, 0.2) is 63.1 Å². The Morgan fingerprint density at radius 1 is 1.06 bits per heavy atom. The number of nitriles is 1. The number of aromatic nitrogens is 1. The molecule has 0 aliphatic carbocycles. The topological polar surface area (TPSA) is 115 Å². The largest absolute Gasteiger partial charge is 0.419 e. The van der Waals surface area contributed by atoms with E-state index in [1.807, 2.05) is 59.1 Å². The number of hydrogen-bond acceptors (Lipinski definition) is 8. The lowest BCUT2D eigenvalue weighted by Crippen LogP contribution is -2.26. The summed E-state index contributed by atoms with van der Waals surface area (Å²) in [7, 11) is 7.43. The Labute approximate surface area is 208 Å². The number of allylic oxidation sites excluding steroid dienone is 1. The number of carbonyl (C=O) groups is 2. The molecule has 4 rings (SSSR count). The first-order chi connectivity index (χ1) is 17.2. The van der Waals surface area contributed by atoms with Gasteiger partial charge in [0.05, 0.1) is 16.9 Å². The van der Waals surface area contributed by atoms with E-state index in [1.54, 1.807) is 32.3 Å². The summed E-state index contributed by atoms with van der Waals surface area (Å²) in [5.41, 5.74) is 3.30. The third kappa shape index (κ3) is 4.74. The van der Waals surface area contributed by atoms with Crippen molar-refractivity contribution in [3.63, 3.8) is 0 Å². The third-order valence-electron chi connectivity index (χ3n) is 6.16. The van der Waals surface area contributed by atoms with Crippen molar-refractivity contribution in [2.75, 3.05) is 49.9 Å². The quantitative estimate of drug-likeness (QED) is 0.380. The molecule has 1 aliphatic heterocycles. The lowest BCUT2D eigenvalue weighted by atomic mass is 10.1. The first kappa shape index (κ1) is 24.8. The van der Waals surface area contributed by atoms with Crippen LogP contribution >= 0.6 is 0 Å². The van der Waals surface area contributed by atoms with Crippen LogP contribution in [0.5, 0.6) is 0 Å². The highest BCUT2D eigenvalue weighted by atomic mass is 16.4. The SMILES string of the molecule is CN(C)CCn1c(=O)oc2ccc(NC(=O)CCC(=O)C(C#N)=C3N(C)c4ccccc4N3C)cc21. The molecule has 0 unspecified atom stereocenters. The van der Waals surface area contributed by atoms with E-state index in [2.05, 4.69) is 5.32 Å². The van der Waals surface area contributed by atoms with Crippen molar-refractivity contribution >= 4 is 39.9 Å². The molecule has 1 aromatic heterocycles. The number of nitrogens with zero attached hydrogens (tertiary/aromatic N) is 5. The van der Waals surface area contributed by atoms with Crippen LogP contribution in [0.2, 0.25) is 0 Å². The van der Waals surface area contributed by atoms with E-state index in [-0.39, 0.29) is 24.3 Å². The number of amides is 1. The molecule has 0 radical (unpaired) electrons. The summed E-state index contributed by atoms with van der Waals surface area (Å²) >= 11 is 0. The number of hydrogen-bond donors (Lipinski definition) is 1. The number of Topliss-reactive ketones (excluding diaryl/α,β-unsaturated/α-hetero) is 1. The fourth-order valence-corrected chi connectivity index (χ4v) is 4.28. The van der Waals surface area contributed by atoms with Crippen molar-refractivity contribution in [1.29, 1.82) is 5.26 Å². The van der Waals surface area contributed by atoms with Crippen LogP contribution in [0.3, 0.4) is 0 Å². The molecule has 186 valence electrons. The van der Waals surface area contributed by atoms with Crippen LogP contribution in [0.25, 0.3) is 11.1 Å². The number of fused-ring (bicyclic) bond motifs is 2. The molecule has 2 aromatic carbocycles. The molecular formula is C26H28N6O4. The molecule has 0 atom stereocenters. The Morgan fingerprint density at radius 3 is 2.33 bits per heavy atom. The molecule has 0 saturated carbocycles. The number of nitrogens with one attached hydrogen (secondary N) is 1. The second kappa shape index (κ2) is 10.1. The van der Waals surface area contributed by atoms with E-state index in [0.29, 0.717) is 35.7 Å². The number of ketones is 1. The maximum atomic E-state index is 12.9. The average Bonchev–Trinajstić information content (AvgIpc) is 3.30. The van der Waals surface area contributed by atoms with Crippen molar-refractivity contribution in [3.05, 3.63) is 64.4 Å². The van der Waals surface area contributed by atoms with E-state index in [4.69, 9.17) is 4.42 Å². The highest BCUT2D eigenvalue weighted by Crippen LogP contribution is 2.40. The van der Waals surface area contributed by atoms with Gasteiger partial charge in [0.1, 0.15) is 17.5 Å². The smallest absolute Gasteiger partial charge is 0.408 e. The predicted molar refractivity (Wildman–Crippen MR) is 138 cm³/mol. The number of benzene rings is 2. The Hall–Kier alpha value is -4.36. The molecule has 36 heavy (non-hydrogen) atoms. The minimum absolute atomic E-state index is 0.00808. The first-order valence-corrected chi connectivity index (χ1v) is 11.5. The lowest BCUT2D eigenvalue weighted by molar-refractivity contribution is -0.120. The van der Waals surface area contributed by atoms with Gasteiger partial charge in [-0.2, -0.15) is 5.26 Å². The Morgan fingerprint density at radius 2 is 1.72 bits per heavy atom. The van der Waals surface area contributed by atoms with E-state index >= 15 is 0 Å². The molecular weight excluding hydrogens is 460 g/mol. The normalized spacial score (nSPS) is 12.7. The van der Waals surface area contributed by atoms with Gasteiger partial charge < -0.3 is 24.4 Å². The predicted octanol–water partition coefficient (Wildman–Crippen LogP) is 2.77. The van der Waals surface area contributed by atoms with Gasteiger partial charge in [0.15, 0.2) is 11.4 Å². The maximum Gasteiger partial charge on any atom is 0.419 e. The zero-order chi connectivity index (χ0) is 26.0. The summed E-state index contributed by atoms with van der Waals surface area (Å²) < 4.78 is 6.81. The molecule has 1 N–H and O–H groups in total. The van der Waals surface area contributed by atoms with Crippen molar-refractivity contribution in [1.82, 2.24) is 9.47 Å². The van der Waals surface area contributed by atoms with Crippen molar-refractivity contribution in [2.24, 2.45) is 0 Å². The number of anilines is 3. The molecule has 0 saturated heterocycles. The van der Waals surface area contributed by atoms with Crippen LogP contribution in [-0.2, 0) is 16.1 Å². The second-order valence-electron chi connectivity index (χ2n) is 8.89. The molecule has 0 spiro atoms. The highest BCUT2D eigenvalue weighted by molar-refractivity contribution is 6.04. The maximum absolute atomic E-state index is 12.9. The zero-order valence-corrected chi connectivity index (χ0v) is 20.7. The number of rotatable bonds is 8. The summed E-state index contributed by atoms with van der Waals surface area (Å²) in [5, 5.41) is 12.5. The van der Waals surface area contributed by atoms with Gasteiger partial charge in [-0.15, -0.1) is 0 Å². The first-order valence-electron chi connectivity index (χ1n) is 11.5. The number of carbonyl (C=O) groups excluding carboxylic acids is 2. The molecule has 0 bridgehead atoms. The van der Waals surface area contributed by atoms with Crippen LogP contribution in [0, 0.1) is 11.3 Å². The van der Waals surface area contributed by atoms with Crippen LogP contribution in [0.4, 0.5) is 17.1 Å². The number of oxazole rings is 1. The molecule has 10 nitrogen and oxygen atoms in total. The van der Waals surface area contributed by atoms with E-state index in [0.717, 1.165) is 11.4 Å². The van der Waals surface area contributed by atoms with Crippen molar-refractivity contribution in [2.45, 2.75) is 19.4 Å². The van der Waals surface area contributed by atoms with Gasteiger partial charge in [0, 0.05) is 45.7 Å². The van der Waals surface area contributed by atoms with Crippen LogP contribution in [0.1, 0.15) is 12.8 Å². The number of para-hydroxylation sites is 2. The van der Waals surface area contributed by atoms with Gasteiger partial charge in [-0.1, -0.05) is 12.1 Å². The Balaban J connectivity index is 1.45. The van der Waals surface area contributed by atoms with E-state index < -0.39 is 11.5 Å². The van der Waals surface area contributed by atoms with Crippen LogP contribution in [-0.4, -0.2) is 55.9 Å². The zero-order valence-electron chi connectivity index (χ0n) is 20.7. The summed E-state index contributed by atoms with van der Waals surface area (Å²) in [6.45, 7) is 1.10. The number of likely N-dealkylation sites (N-methyl/N-ethyl adjacent to an activating group) is 1. The van der Waals surface area contributed by atoms with E-state index in [1.165, 1.54) is 4.57 Å². The Kier molecular flexibility index (Phi) is 6.94. The standard InChI is InChI=1S/C26H28N6O4/c1-29(2)13-14-32-21-15-17(9-11-23(21)36-26(32)35)28-24(34)12-10-22(33)18(16-27)25-30(3)19-7-5-6-8-20(19)31(25)4/h5-9,11,15H,10,12-14H2,1-4H3,(H,28,34). The fourth-order valence-electron chi connectivity index (χ4n) is 4.28. The van der Waals surface area contributed by atoms with Gasteiger partial charge in [-0.05, 0) is 44.4 Å². The summed E-state index contributed by atoms with van der Waals surface area (Å²) in [6.07, 6.45) is -0.202. The van der Waals surface area contributed by atoms with Gasteiger partial charge in [-0.3, -0.25) is 14.2 Å². The van der Waals surface area contributed by atoms with Gasteiger partial charge in [-0.25, -0.2) is 4.79 Å². The fraction of sp³-hybridized carbons (Fsp3) is 0.308. The van der Waals surface area contributed by atoms with Crippen molar-refractivity contribution in [3.8, 4) is 6.07 Å². The monoisotopic (exact) mass is 488 g/mol. The molecule has 10 heteroatoms. The summed E-state index contributed by atoms with van der Waals surface area (Å²) in [5.74, 6) is -0.740. The molecule has 1 amide bonds. The highest BCUT2D eigenvalue weighted by Gasteiger charge is 2.31. The molecule has 0 fully saturated rings. The molecule has 2 heterocycles. The van der Waals surface area contributed by atoms with Gasteiger partial charge in [0.25, 0.3) is 0 Å². The second-order valence-corrected chi connectivity index (χ2v) is 8.89. The third-order valence-corrected chi connectivity index (χ3v) is 6.16. The lowest BCUT2D eigenvalue weighted by Gasteiger charge is -2.19. The van der Waals surface area contributed by atoms with Gasteiger partial charge in [0.2, 0.25) is 5.91 Å². The molecule has 1 aliphatic rings. The van der Waals surface area contributed by atoms with Crippen molar-refractivity contribution < 1.29 is 14.0 Å². The minimum Gasteiger partial charge on any atom is -0.408 e. The molecule has 3 aromatic rings. The summed E-state index contributed by atoms with van der Waals surface area (Å²) in [6, 6.07) is 14.6. The van der Waals surface area contributed by atoms with Crippen LogP contribution < -0.4 is 20.9 Å². The minimum atomic E-state index is -0.456. The average molecular weight is 489 g/mol. The van der Waals surface area contributed by atoms with E-state index in [9.17, 15) is 19.6 Å². The Bertz CT molecular complexity index is 1430.